The summed E-state index contributed by atoms with van der Waals surface area (Å²) in [6, 6.07) is 5.10. The summed E-state index contributed by atoms with van der Waals surface area (Å²) in [5.41, 5.74) is 0.244. The van der Waals surface area contributed by atoms with E-state index in [2.05, 4.69) is 5.32 Å². The van der Waals surface area contributed by atoms with Crippen LogP contribution in [0.4, 0.5) is 10.1 Å². The van der Waals surface area contributed by atoms with E-state index in [1.807, 2.05) is 0 Å². The zero-order valence-electron chi connectivity index (χ0n) is 13.4. The largest absolute Gasteiger partial charge is 0.478 e. The standard InChI is InChI=1S/C16H15FN2O6S/c17-12-6-10(2-3-13(12)19-4-1-5-26(19,23)24)8-18-15(20)14-7-11(9-25-14)16(21)22/h2-3,6-7,9H,1,4-5,8H2,(H,18,20)(H,21,22). The third-order valence-corrected chi connectivity index (χ3v) is 5.76. The van der Waals surface area contributed by atoms with Gasteiger partial charge in [-0.2, -0.15) is 0 Å². The summed E-state index contributed by atoms with van der Waals surface area (Å²) in [7, 11) is -3.48. The van der Waals surface area contributed by atoms with Gasteiger partial charge in [0.25, 0.3) is 5.91 Å². The van der Waals surface area contributed by atoms with E-state index in [4.69, 9.17) is 9.52 Å². The quantitative estimate of drug-likeness (QED) is 0.811. The average Bonchev–Trinajstić information content (AvgIpc) is 3.19. The van der Waals surface area contributed by atoms with Crippen molar-refractivity contribution in [2.24, 2.45) is 0 Å². The van der Waals surface area contributed by atoms with Crippen LogP contribution in [0.25, 0.3) is 0 Å². The Kier molecular flexibility index (Phi) is 4.68. The van der Waals surface area contributed by atoms with E-state index in [1.54, 1.807) is 0 Å². The van der Waals surface area contributed by atoms with E-state index < -0.39 is 27.7 Å². The van der Waals surface area contributed by atoms with Crippen molar-refractivity contribution in [3.63, 3.8) is 0 Å². The third-order valence-electron chi connectivity index (χ3n) is 3.90. The summed E-state index contributed by atoms with van der Waals surface area (Å²) in [6.07, 6.45) is 1.39. The van der Waals surface area contributed by atoms with Crippen LogP contribution in [-0.4, -0.2) is 37.7 Å². The molecule has 2 N–H and O–H groups in total. The number of carboxylic acid groups (broad SMARTS) is 1. The Hall–Kier alpha value is -2.88. The number of carbonyl (C=O) groups excluding carboxylic acids is 1. The van der Waals surface area contributed by atoms with Crippen LogP contribution in [0.2, 0.25) is 0 Å². The predicted octanol–water partition coefficient (Wildman–Crippen LogP) is 1.59. The molecule has 1 fully saturated rings. The fourth-order valence-corrected chi connectivity index (χ4v) is 4.18. The van der Waals surface area contributed by atoms with Crippen molar-refractivity contribution < 1.29 is 31.9 Å². The number of nitrogens with zero attached hydrogens (tertiary/aromatic N) is 1. The Morgan fingerprint density at radius 1 is 1.31 bits per heavy atom. The molecule has 0 aliphatic carbocycles. The van der Waals surface area contributed by atoms with E-state index in [0.29, 0.717) is 12.0 Å². The number of halogens is 1. The highest BCUT2D eigenvalue weighted by atomic mass is 32.2. The van der Waals surface area contributed by atoms with Crippen LogP contribution in [0.3, 0.4) is 0 Å². The molecule has 10 heteroatoms. The number of aromatic carboxylic acids is 1. The van der Waals surface area contributed by atoms with Crippen LogP contribution < -0.4 is 9.62 Å². The number of carboxylic acids is 1. The number of nitrogens with one attached hydrogen (secondary N) is 1. The molecule has 2 heterocycles. The highest BCUT2D eigenvalue weighted by Gasteiger charge is 2.30. The van der Waals surface area contributed by atoms with Crippen LogP contribution in [0.5, 0.6) is 0 Å². The molecular formula is C16H15FN2O6S. The minimum absolute atomic E-state index is 0.00821. The molecule has 8 nitrogen and oxygen atoms in total. The van der Waals surface area contributed by atoms with Gasteiger partial charge in [0.05, 0.1) is 17.0 Å². The second-order valence-corrected chi connectivity index (χ2v) is 7.73. The molecule has 1 amide bonds. The number of rotatable bonds is 5. The average molecular weight is 382 g/mol. The lowest BCUT2D eigenvalue weighted by atomic mass is 10.2. The van der Waals surface area contributed by atoms with Crippen molar-refractivity contribution in [1.82, 2.24) is 5.32 Å². The van der Waals surface area contributed by atoms with Crippen molar-refractivity contribution in [2.45, 2.75) is 13.0 Å². The summed E-state index contributed by atoms with van der Waals surface area (Å²) in [4.78, 5) is 22.7. The molecule has 1 saturated heterocycles. The molecule has 2 aromatic rings. The molecule has 0 atom stereocenters. The Labute approximate surface area is 148 Å². The maximum absolute atomic E-state index is 14.3. The highest BCUT2D eigenvalue weighted by molar-refractivity contribution is 7.93. The van der Waals surface area contributed by atoms with E-state index >= 15 is 0 Å². The molecule has 1 aliphatic heterocycles. The van der Waals surface area contributed by atoms with Gasteiger partial charge in [0, 0.05) is 19.2 Å². The van der Waals surface area contributed by atoms with Crippen LogP contribution in [0.15, 0.2) is 34.9 Å². The summed E-state index contributed by atoms with van der Waals surface area (Å²) in [5.74, 6) is -2.76. The Morgan fingerprint density at radius 3 is 2.65 bits per heavy atom. The molecule has 26 heavy (non-hydrogen) atoms. The topological polar surface area (TPSA) is 117 Å². The first-order valence-corrected chi connectivity index (χ1v) is 9.28. The lowest BCUT2D eigenvalue weighted by Gasteiger charge is -2.18. The molecule has 0 radical (unpaired) electrons. The summed E-state index contributed by atoms with van der Waals surface area (Å²) >= 11 is 0. The first kappa shape index (κ1) is 17.9. The van der Waals surface area contributed by atoms with E-state index in [0.717, 1.165) is 22.7 Å². The monoisotopic (exact) mass is 382 g/mol. The zero-order valence-corrected chi connectivity index (χ0v) is 14.3. The molecule has 0 bridgehead atoms. The van der Waals surface area contributed by atoms with Gasteiger partial charge >= 0.3 is 5.97 Å². The van der Waals surface area contributed by atoms with Gasteiger partial charge in [-0.15, -0.1) is 0 Å². The number of amides is 1. The third kappa shape index (κ3) is 3.54. The zero-order chi connectivity index (χ0) is 18.9. The van der Waals surface area contributed by atoms with Gasteiger partial charge in [-0.25, -0.2) is 17.6 Å². The molecule has 1 aromatic carbocycles. The Balaban J connectivity index is 1.68. The number of furan rings is 1. The first-order chi connectivity index (χ1) is 12.3. The van der Waals surface area contributed by atoms with E-state index in [-0.39, 0.29) is 35.9 Å². The van der Waals surface area contributed by atoms with Gasteiger partial charge < -0.3 is 14.8 Å². The van der Waals surface area contributed by atoms with Crippen molar-refractivity contribution >= 4 is 27.6 Å². The second-order valence-electron chi connectivity index (χ2n) is 5.71. The minimum Gasteiger partial charge on any atom is -0.478 e. The van der Waals surface area contributed by atoms with Gasteiger partial charge in [-0.3, -0.25) is 9.10 Å². The maximum atomic E-state index is 14.3. The highest BCUT2D eigenvalue weighted by Crippen LogP contribution is 2.27. The molecule has 0 spiro atoms. The number of hydrogen-bond donors (Lipinski definition) is 2. The number of benzene rings is 1. The van der Waals surface area contributed by atoms with Gasteiger partial charge in [0.2, 0.25) is 10.0 Å². The smallest absolute Gasteiger partial charge is 0.338 e. The summed E-state index contributed by atoms with van der Waals surface area (Å²) < 4.78 is 43.9. The van der Waals surface area contributed by atoms with E-state index in [9.17, 15) is 22.4 Å². The molecule has 1 aliphatic rings. The molecule has 138 valence electrons. The van der Waals surface area contributed by atoms with Crippen LogP contribution in [0.1, 0.15) is 32.9 Å². The molecular weight excluding hydrogens is 367 g/mol. The number of hydrogen-bond acceptors (Lipinski definition) is 5. The first-order valence-electron chi connectivity index (χ1n) is 7.67. The van der Waals surface area contributed by atoms with Crippen molar-refractivity contribution in [1.29, 1.82) is 0 Å². The van der Waals surface area contributed by atoms with Gasteiger partial charge in [-0.05, 0) is 24.1 Å². The fraction of sp³-hybridized carbons (Fsp3) is 0.250. The number of sulfonamides is 1. The van der Waals surface area contributed by atoms with Gasteiger partial charge in [0.15, 0.2) is 5.76 Å². The van der Waals surface area contributed by atoms with Crippen LogP contribution >= 0.6 is 0 Å². The Bertz CT molecular complexity index is 969. The molecule has 1 aromatic heterocycles. The SMILES string of the molecule is O=C(O)c1coc(C(=O)NCc2ccc(N3CCCS3(=O)=O)c(F)c2)c1. The lowest BCUT2D eigenvalue weighted by Crippen LogP contribution is -2.26. The molecule has 3 rings (SSSR count). The van der Waals surface area contributed by atoms with Gasteiger partial charge in [-0.1, -0.05) is 6.07 Å². The Morgan fingerprint density at radius 2 is 2.08 bits per heavy atom. The second kappa shape index (κ2) is 6.79. The summed E-state index contributed by atoms with van der Waals surface area (Å²) in [6.45, 7) is 0.200. The molecule has 0 saturated carbocycles. The lowest BCUT2D eigenvalue weighted by molar-refractivity contribution is 0.0695. The summed E-state index contributed by atoms with van der Waals surface area (Å²) in [5, 5.41) is 11.3. The minimum atomic E-state index is -3.48. The molecule has 0 unspecified atom stereocenters. The van der Waals surface area contributed by atoms with Crippen LogP contribution in [0, 0.1) is 5.82 Å². The van der Waals surface area contributed by atoms with Crippen molar-refractivity contribution in [3.8, 4) is 0 Å². The van der Waals surface area contributed by atoms with Crippen molar-refractivity contribution in [3.05, 3.63) is 53.2 Å². The normalized spacial score (nSPS) is 15.8. The predicted molar refractivity (Wildman–Crippen MR) is 89.0 cm³/mol. The van der Waals surface area contributed by atoms with E-state index in [1.165, 1.54) is 12.1 Å². The maximum Gasteiger partial charge on any atom is 0.338 e. The fourth-order valence-electron chi connectivity index (χ4n) is 2.61. The number of anilines is 1. The number of carbonyl (C=O) groups is 2. The van der Waals surface area contributed by atoms with Crippen molar-refractivity contribution in [2.75, 3.05) is 16.6 Å². The van der Waals surface area contributed by atoms with Gasteiger partial charge in [0.1, 0.15) is 12.1 Å². The van der Waals surface area contributed by atoms with Crippen LogP contribution in [-0.2, 0) is 16.6 Å².